The van der Waals surface area contributed by atoms with Crippen molar-refractivity contribution >= 4 is 11.6 Å². The second-order valence-corrected chi connectivity index (χ2v) is 5.34. The Kier molecular flexibility index (Phi) is 4.30. The van der Waals surface area contributed by atoms with Crippen LogP contribution < -0.4 is 15.8 Å². The molecule has 0 spiro atoms. The zero-order valence-corrected chi connectivity index (χ0v) is 11.7. The summed E-state index contributed by atoms with van der Waals surface area (Å²) in [4.78, 5) is 11.8. The van der Waals surface area contributed by atoms with Gasteiger partial charge in [-0.3, -0.25) is 4.79 Å². The molecule has 0 aliphatic heterocycles. The van der Waals surface area contributed by atoms with Gasteiger partial charge in [-0.1, -0.05) is 18.9 Å². The fourth-order valence-electron chi connectivity index (χ4n) is 2.66. The maximum absolute atomic E-state index is 11.8. The van der Waals surface area contributed by atoms with Gasteiger partial charge in [0.15, 0.2) is 6.61 Å². The Labute approximate surface area is 114 Å². The van der Waals surface area contributed by atoms with Crippen molar-refractivity contribution in [3.63, 3.8) is 0 Å². The third kappa shape index (κ3) is 3.63. The minimum atomic E-state index is -0.0636. The van der Waals surface area contributed by atoms with E-state index in [1.165, 1.54) is 12.8 Å². The third-order valence-corrected chi connectivity index (χ3v) is 3.52. The van der Waals surface area contributed by atoms with E-state index in [2.05, 4.69) is 5.32 Å². The van der Waals surface area contributed by atoms with E-state index in [4.69, 9.17) is 10.5 Å². The van der Waals surface area contributed by atoms with Crippen molar-refractivity contribution in [3.05, 3.63) is 23.3 Å². The van der Waals surface area contributed by atoms with Crippen molar-refractivity contribution in [2.24, 2.45) is 0 Å². The number of ether oxygens (including phenoxy) is 1. The van der Waals surface area contributed by atoms with Crippen LogP contribution in [0.5, 0.6) is 5.75 Å². The van der Waals surface area contributed by atoms with Gasteiger partial charge in [-0.15, -0.1) is 0 Å². The van der Waals surface area contributed by atoms with Crippen molar-refractivity contribution in [3.8, 4) is 5.75 Å². The minimum absolute atomic E-state index is 0.0323. The van der Waals surface area contributed by atoms with Crippen LogP contribution in [-0.4, -0.2) is 18.6 Å². The minimum Gasteiger partial charge on any atom is -0.481 e. The first kappa shape index (κ1) is 13.7. The van der Waals surface area contributed by atoms with Crippen LogP contribution in [0.25, 0.3) is 0 Å². The molecule has 0 aromatic heterocycles. The van der Waals surface area contributed by atoms with E-state index < -0.39 is 0 Å². The predicted octanol–water partition coefficient (Wildman–Crippen LogP) is 2.32. The molecular weight excluding hydrogens is 240 g/mol. The number of aryl methyl sites for hydroxylation is 2. The highest BCUT2D eigenvalue weighted by molar-refractivity contribution is 5.78. The van der Waals surface area contributed by atoms with Crippen molar-refractivity contribution < 1.29 is 9.53 Å². The molecule has 1 saturated carbocycles. The SMILES string of the molecule is Cc1cc(C)c(OCC(=O)NC2CCCC2)c(N)c1. The quantitative estimate of drug-likeness (QED) is 0.818. The smallest absolute Gasteiger partial charge is 0.258 e. The Balaban J connectivity index is 1.89. The summed E-state index contributed by atoms with van der Waals surface area (Å²) in [6, 6.07) is 4.19. The molecule has 19 heavy (non-hydrogen) atoms. The van der Waals surface area contributed by atoms with Gasteiger partial charge in [0, 0.05) is 6.04 Å². The van der Waals surface area contributed by atoms with Gasteiger partial charge < -0.3 is 15.8 Å². The standard InChI is InChI=1S/C15H22N2O2/c1-10-7-11(2)15(13(16)8-10)19-9-14(18)17-12-5-3-4-6-12/h7-8,12H,3-6,9,16H2,1-2H3,(H,17,18). The van der Waals surface area contributed by atoms with Crippen LogP contribution in [0.4, 0.5) is 5.69 Å². The van der Waals surface area contributed by atoms with Gasteiger partial charge in [-0.25, -0.2) is 0 Å². The second kappa shape index (κ2) is 5.95. The van der Waals surface area contributed by atoms with E-state index in [1.807, 2.05) is 26.0 Å². The number of nitrogens with two attached hydrogens (primary N) is 1. The van der Waals surface area contributed by atoms with E-state index >= 15 is 0 Å². The molecule has 1 aromatic carbocycles. The van der Waals surface area contributed by atoms with Gasteiger partial charge in [0.2, 0.25) is 0 Å². The molecule has 1 aliphatic carbocycles. The van der Waals surface area contributed by atoms with Crippen LogP contribution in [0.15, 0.2) is 12.1 Å². The summed E-state index contributed by atoms with van der Waals surface area (Å²) in [7, 11) is 0. The first-order chi connectivity index (χ1) is 9.06. The molecule has 0 radical (unpaired) electrons. The van der Waals surface area contributed by atoms with Crippen molar-refractivity contribution in [2.45, 2.75) is 45.6 Å². The molecule has 0 unspecified atom stereocenters. The normalized spacial score (nSPS) is 15.5. The molecular formula is C15H22N2O2. The molecule has 0 saturated heterocycles. The lowest BCUT2D eigenvalue weighted by Gasteiger charge is -2.15. The highest BCUT2D eigenvalue weighted by Gasteiger charge is 2.17. The summed E-state index contributed by atoms with van der Waals surface area (Å²) < 4.78 is 5.56. The summed E-state index contributed by atoms with van der Waals surface area (Å²) in [6.07, 6.45) is 4.57. The van der Waals surface area contributed by atoms with Crippen LogP contribution in [0.2, 0.25) is 0 Å². The molecule has 4 nitrogen and oxygen atoms in total. The number of nitrogens with one attached hydrogen (secondary N) is 1. The average molecular weight is 262 g/mol. The lowest BCUT2D eigenvalue weighted by molar-refractivity contribution is -0.123. The maximum atomic E-state index is 11.8. The summed E-state index contributed by atoms with van der Waals surface area (Å²) in [6.45, 7) is 3.96. The van der Waals surface area contributed by atoms with Gasteiger partial charge in [0.25, 0.3) is 5.91 Å². The number of amides is 1. The van der Waals surface area contributed by atoms with Crippen LogP contribution in [0.1, 0.15) is 36.8 Å². The Hall–Kier alpha value is -1.71. The second-order valence-electron chi connectivity index (χ2n) is 5.34. The van der Waals surface area contributed by atoms with Gasteiger partial charge >= 0.3 is 0 Å². The van der Waals surface area contributed by atoms with Crippen molar-refractivity contribution in [1.82, 2.24) is 5.32 Å². The number of carbonyl (C=O) groups excluding carboxylic acids is 1. The molecule has 2 rings (SSSR count). The molecule has 1 aromatic rings. The van der Waals surface area contributed by atoms with E-state index in [9.17, 15) is 4.79 Å². The van der Waals surface area contributed by atoms with Crippen LogP contribution in [0, 0.1) is 13.8 Å². The Morgan fingerprint density at radius 1 is 1.37 bits per heavy atom. The third-order valence-electron chi connectivity index (χ3n) is 3.52. The molecule has 0 bridgehead atoms. The van der Waals surface area contributed by atoms with Gasteiger partial charge in [-0.05, 0) is 43.9 Å². The number of benzene rings is 1. The summed E-state index contributed by atoms with van der Waals surface area (Å²) in [5, 5.41) is 2.99. The van der Waals surface area contributed by atoms with Crippen LogP contribution in [0.3, 0.4) is 0 Å². The molecule has 4 heteroatoms. The number of hydrogen-bond acceptors (Lipinski definition) is 3. The van der Waals surface area contributed by atoms with Gasteiger partial charge in [-0.2, -0.15) is 0 Å². The van der Waals surface area contributed by atoms with E-state index in [0.717, 1.165) is 24.0 Å². The average Bonchev–Trinajstić information content (AvgIpc) is 2.80. The van der Waals surface area contributed by atoms with E-state index in [1.54, 1.807) is 0 Å². The number of rotatable bonds is 4. The highest BCUT2D eigenvalue weighted by atomic mass is 16.5. The number of anilines is 1. The van der Waals surface area contributed by atoms with Crippen molar-refractivity contribution in [2.75, 3.05) is 12.3 Å². The zero-order chi connectivity index (χ0) is 13.8. The van der Waals surface area contributed by atoms with Crippen molar-refractivity contribution in [1.29, 1.82) is 0 Å². The van der Waals surface area contributed by atoms with Crippen LogP contribution >= 0.6 is 0 Å². The first-order valence-corrected chi connectivity index (χ1v) is 6.85. The Morgan fingerprint density at radius 3 is 2.68 bits per heavy atom. The molecule has 1 fully saturated rings. The Morgan fingerprint density at radius 2 is 2.05 bits per heavy atom. The molecule has 0 heterocycles. The van der Waals surface area contributed by atoms with E-state index in [0.29, 0.717) is 17.5 Å². The summed E-state index contributed by atoms with van der Waals surface area (Å²) >= 11 is 0. The van der Waals surface area contributed by atoms with Gasteiger partial charge in [0.05, 0.1) is 5.69 Å². The molecule has 1 aliphatic rings. The highest BCUT2D eigenvalue weighted by Crippen LogP contribution is 2.27. The maximum Gasteiger partial charge on any atom is 0.258 e. The molecule has 1 amide bonds. The molecule has 0 atom stereocenters. The topological polar surface area (TPSA) is 64.3 Å². The zero-order valence-electron chi connectivity index (χ0n) is 11.7. The lowest BCUT2D eigenvalue weighted by atomic mass is 10.1. The Bertz CT molecular complexity index is 442. The fourth-order valence-corrected chi connectivity index (χ4v) is 2.66. The summed E-state index contributed by atoms with van der Waals surface area (Å²) in [5.74, 6) is 0.554. The van der Waals surface area contributed by atoms with Gasteiger partial charge in [0.1, 0.15) is 5.75 Å². The monoisotopic (exact) mass is 262 g/mol. The van der Waals surface area contributed by atoms with E-state index in [-0.39, 0.29) is 12.5 Å². The first-order valence-electron chi connectivity index (χ1n) is 6.85. The number of hydrogen-bond donors (Lipinski definition) is 2. The molecule has 104 valence electrons. The number of nitrogen functional groups attached to an aromatic ring is 1. The lowest BCUT2D eigenvalue weighted by Crippen LogP contribution is -2.36. The predicted molar refractivity (Wildman–Crippen MR) is 76.2 cm³/mol. The summed E-state index contributed by atoms with van der Waals surface area (Å²) in [5.41, 5.74) is 8.56. The molecule has 3 N–H and O–H groups in total. The van der Waals surface area contributed by atoms with Crippen LogP contribution in [-0.2, 0) is 4.79 Å². The number of carbonyl (C=O) groups is 1. The fraction of sp³-hybridized carbons (Fsp3) is 0.533. The largest absolute Gasteiger partial charge is 0.481 e.